The van der Waals surface area contributed by atoms with Gasteiger partial charge in [0.15, 0.2) is 0 Å². The molecule has 0 atom stereocenters. The first-order valence-corrected chi connectivity index (χ1v) is 4.17. The SMILES string of the molecule is COP1(=S)O[B]O1. The number of hydrogen-bond donors (Lipinski definition) is 0. The van der Waals surface area contributed by atoms with Crippen LogP contribution < -0.4 is 0 Å². The molecule has 0 amide bonds. The van der Waals surface area contributed by atoms with Crippen molar-refractivity contribution in [2.75, 3.05) is 7.11 Å². The van der Waals surface area contributed by atoms with Gasteiger partial charge in [0.1, 0.15) is 0 Å². The monoisotopic (exact) mass is 137 g/mol. The summed E-state index contributed by atoms with van der Waals surface area (Å²) in [6.45, 7) is -2.20. The summed E-state index contributed by atoms with van der Waals surface area (Å²) in [5, 5.41) is 0. The highest BCUT2D eigenvalue weighted by atomic mass is 32.5. The largest absolute Gasteiger partial charge is 0.502 e. The molecule has 1 aliphatic heterocycles. The van der Waals surface area contributed by atoms with Crippen LogP contribution in [-0.2, 0) is 25.2 Å². The lowest BCUT2D eigenvalue weighted by Gasteiger charge is -2.26. The summed E-state index contributed by atoms with van der Waals surface area (Å²) in [5.41, 5.74) is 0. The van der Waals surface area contributed by atoms with E-state index in [1.807, 2.05) is 0 Å². The molecule has 1 fully saturated rings. The van der Waals surface area contributed by atoms with Crippen molar-refractivity contribution < 1.29 is 13.4 Å². The topological polar surface area (TPSA) is 27.7 Å². The van der Waals surface area contributed by atoms with Crippen LogP contribution in [0.3, 0.4) is 0 Å². The Morgan fingerprint density at radius 2 is 2.29 bits per heavy atom. The second-order valence-corrected chi connectivity index (χ2v) is 3.96. The molecule has 1 saturated heterocycles. The Morgan fingerprint density at radius 3 is 2.29 bits per heavy atom. The van der Waals surface area contributed by atoms with Gasteiger partial charge < -0.3 is 13.4 Å². The molecule has 3 nitrogen and oxygen atoms in total. The van der Waals surface area contributed by atoms with Crippen molar-refractivity contribution in [3.8, 4) is 0 Å². The molecule has 1 aliphatic rings. The van der Waals surface area contributed by atoms with Gasteiger partial charge in [-0.05, 0) is 11.8 Å². The molecule has 0 aromatic rings. The summed E-state index contributed by atoms with van der Waals surface area (Å²) >= 11 is 4.65. The Kier molecular flexibility index (Phi) is 1.50. The van der Waals surface area contributed by atoms with Crippen LogP contribution in [0.1, 0.15) is 0 Å². The fourth-order valence-electron chi connectivity index (χ4n) is 0.199. The molecule has 0 aromatic carbocycles. The molecule has 1 rings (SSSR count). The van der Waals surface area contributed by atoms with Crippen LogP contribution in [0, 0.1) is 0 Å². The summed E-state index contributed by atoms with van der Waals surface area (Å²) in [6, 6.07) is 0. The maximum atomic E-state index is 4.65. The van der Waals surface area contributed by atoms with Gasteiger partial charge in [0.25, 0.3) is 0 Å². The maximum absolute atomic E-state index is 4.65. The highest BCUT2D eigenvalue weighted by molar-refractivity contribution is 8.09. The van der Waals surface area contributed by atoms with Crippen molar-refractivity contribution >= 4 is 26.2 Å². The van der Waals surface area contributed by atoms with E-state index in [4.69, 9.17) is 0 Å². The first-order chi connectivity index (χ1) is 3.27. The molecule has 0 bridgehead atoms. The van der Waals surface area contributed by atoms with E-state index in [1.54, 1.807) is 0 Å². The summed E-state index contributed by atoms with van der Waals surface area (Å²) in [7, 11) is 2.65. The van der Waals surface area contributed by atoms with Crippen LogP contribution in [0.4, 0.5) is 0 Å². The van der Waals surface area contributed by atoms with Gasteiger partial charge in [-0.25, -0.2) is 0 Å². The minimum atomic E-state index is -2.20. The van der Waals surface area contributed by atoms with E-state index in [0.717, 1.165) is 0 Å². The van der Waals surface area contributed by atoms with Crippen LogP contribution in [-0.4, -0.2) is 14.8 Å². The van der Waals surface area contributed by atoms with Gasteiger partial charge in [0.05, 0.1) is 0 Å². The Hall–Kier alpha value is 0.595. The third kappa shape index (κ3) is 1.04. The van der Waals surface area contributed by atoms with Gasteiger partial charge in [0, 0.05) is 7.11 Å². The predicted octanol–water partition coefficient (Wildman–Crippen LogP) is 0.438. The molecule has 6 heteroatoms. The second kappa shape index (κ2) is 1.84. The van der Waals surface area contributed by atoms with Crippen molar-refractivity contribution in [3.05, 3.63) is 0 Å². The van der Waals surface area contributed by atoms with Crippen molar-refractivity contribution in [3.63, 3.8) is 0 Å². The van der Waals surface area contributed by atoms with E-state index in [1.165, 1.54) is 14.8 Å². The minimum absolute atomic E-state index is 1.18. The van der Waals surface area contributed by atoms with Crippen molar-refractivity contribution in [2.24, 2.45) is 0 Å². The van der Waals surface area contributed by atoms with Crippen LogP contribution in [0.15, 0.2) is 0 Å². The quantitative estimate of drug-likeness (QED) is 0.387. The van der Waals surface area contributed by atoms with Crippen molar-refractivity contribution in [1.82, 2.24) is 0 Å². The molecule has 0 N–H and O–H groups in total. The van der Waals surface area contributed by atoms with E-state index in [0.29, 0.717) is 0 Å². The van der Waals surface area contributed by atoms with Crippen molar-refractivity contribution in [1.29, 1.82) is 0 Å². The standard InChI is InChI=1S/CH3BO3PS/c1-3-6(7)4-2-5-6/h1H3. The van der Waals surface area contributed by atoms with E-state index in [9.17, 15) is 0 Å². The smallest absolute Gasteiger partial charge is 0.343 e. The van der Waals surface area contributed by atoms with E-state index in [-0.39, 0.29) is 0 Å². The molecule has 1 radical (unpaired) electrons. The van der Waals surface area contributed by atoms with Gasteiger partial charge in [-0.15, -0.1) is 0 Å². The zero-order valence-corrected chi connectivity index (χ0v) is 5.37. The molecule has 7 heavy (non-hydrogen) atoms. The Morgan fingerprint density at radius 1 is 1.71 bits per heavy atom. The molecular formula is CH3BO3PS. The van der Waals surface area contributed by atoms with Crippen LogP contribution >= 0.6 is 6.72 Å². The van der Waals surface area contributed by atoms with Crippen molar-refractivity contribution in [2.45, 2.75) is 0 Å². The zero-order chi connectivity index (χ0) is 5.33. The van der Waals surface area contributed by atoms with Gasteiger partial charge in [-0.2, -0.15) is 0 Å². The lowest BCUT2D eigenvalue weighted by Crippen LogP contribution is -2.14. The molecule has 0 spiro atoms. The molecule has 0 aliphatic carbocycles. The fraction of sp³-hybridized carbons (Fsp3) is 1.00. The second-order valence-electron chi connectivity index (χ2n) is 0.937. The molecule has 0 aromatic heterocycles. The van der Waals surface area contributed by atoms with E-state index < -0.39 is 6.72 Å². The van der Waals surface area contributed by atoms with E-state index in [2.05, 4.69) is 25.2 Å². The van der Waals surface area contributed by atoms with Gasteiger partial charge >= 0.3 is 14.4 Å². The van der Waals surface area contributed by atoms with E-state index >= 15 is 0 Å². The highest BCUT2D eigenvalue weighted by Crippen LogP contribution is 2.54. The number of rotatable bonds is 1. The Bertz CT molecular complexity index is 99.2. The van der Waals surface area contributed by atoms with Crippen LogP contribution in [0.5, 0.6) is 0 Å². The lowest BCUT2D eigenvalue weighted by atomic mass is 10.4. The number of hydrogen-bond acceptors (Lipinski definition) is 4. The van der Waals surface area contributed by atoms with Gasteiger partial charge in [-0.1, -0.05) is 0 Å². The Labute approximate surface area is 47.5 Å². The van der Waals surface area contributed by atoms with Gasteiger partial charge in [0.2, 0.25) is 0 Å². The van der Waals surface area contributed by atoms with Crippen LogP contribution in [0.25, 0.3) is 0 Å². The predicted molar refractivity (Wildman–Crippen MR) is 29.2 cm³/mol. The minimum Gasteiger partial charge on any atom is -0.343 e. The first kappa shape index (κ1) is 5.73. The molecule has 0 unspecified atom stereocenters. The summed E-state index contributed by atoms with van der Waals surface area (Å²) in [6.07, 6.45) is 0. The molecule has 39 valence electrons. The molecule has 0 saturated carbocycles. The third-order valence-corrected chi connectivity index (χ3v) is 2.67. The molecule has 1 heterocycles. The summed E-state index contributed by atoms with van der Waals surface area (Å²) in [4.78, 5) is 0. The average molecular weight is 137 g/mol. The maximum Gasteiger partial charge on any atom is 0.502 e. The van der Waals surface area contributed by atoms with Gasteiger partial charge in [-0.3, -0.25) is 0 Å². The first-order valence-electron chi connectivity index (χ1n) is 1.61. The summed E-state index contributed by atoms with van der Waals surface area (Å²) < 4.78 is 13.9. The zero-order valence-electron chi connectivity index (χ0n) is 3.66. The fourth-order valence-corrected chi connectivity index (χ4v) is 0.809. The normalized spacial score (nSPS) is 25.3. The molecular weight excluding hydrogens is 134 g/mol. The van der Waals surface area contributed by atoms with Crippen LogP contribution in [0.2, 0.25) is 0 Å². The Balaban J connectivity index is 2.45. The highest BCUT2D eigenvalue weighted by Gasteiger charge is 2.30. The third-order valence-electron chi connectivity index (χ3n) is 0.568. The average Bonchev–Trinajstić information content (AvgIpc) is 1.61. The lowest BCUT2D eigenvalue weighted by molar-refractivity contribution is 0.255. The summed E-state index contributed by atoms with van der Waals surface area (Å²) in [5.74, 6) is 0.